The third kappa shape index (κ3) is 3.29. The van der Waals surface area contributed by atoms with Crippen LogP contribution >= 0.6 is 0 Å². The smallest absolute Gasteiger partial charge is 0.407 e. The van der Waals surface area contributed by atoms with Gasteiger partial charge in [0.05, 0.1) is 5.56 Å². The molecule has 0 aromatic heterocycles. The van der Waals surface area contributed by atoms with Crippen LogP contribution < -0.4 is 5.32 Å². The standard InChI is InChI=1S/C15H19NO4/c1-15(2,3)20-14(19)16-10-7-9-5-4-6-11(13(17)18)12(9)8-10/h4-6,10H,7-8H2,1-3H3,(H,16,19)(H,17,18)/t10-/m0/s1. The summed E-state index contributed by atoms with van der Waals surface area (Å²) in [5.41, 5.74) is 1.56. The Kier molecular flexibility index (Phi) is 3.70. The molecule has 0 radical (unpaired) electrons. The molecule has 0 unspecified atom stereocenters. The maximum atomic E-state index is 11.7. The summed E-state index contributed by atoms with van der Waals surface area (Å²) in [6, 6.07) is 5.12. The van der Waals surface area contributed by atoms with Gasteiger partial charge in [-0.05, 0) is 50.8 Å². The van der Waals surface area contributed by atoms with Gasteiger partial charge in [0.1, 0.15) is 5.60 Å². The molecule has 1 atom stereocenters. The van der Waals surface area contributed by atoms with Gasteiger partial charge in [-0.25, -0.2) is 9.59 Å². The number of ether oxygens (including phenoxy) is 1. The summed E-state index contributed by atoms with van der Waals surface area (Å²) in [6.45, 7) is 5.41. The highest BCUT2D eigenvalue weighted by Gasteiger charge is 2.28. The molecule has 0 saturated carbocycles. The number of carbonyl (C=O) groups excluding carboxylic acids is 1. The Morgan fingerprint density at radius 3 is 2.60 bits per heavy atom. The van der Waals surface area contributed by atoms with Crippen molar-refractivity contribution in [3.8, 4) is 0 Å². The van der Waals surface area contributed by atoms with Gasteiger partial charge in [-0.15, -0.1) is 0 Å². The van der Waals surface area contributed by atoms with Crippen LogP contribution in [-0.4, -0.2) is 28.8 Å². The van der Waals surface area contributed by atoms with E-state index < -0.39 is 17.7 Å². The molecule has 0 spiro atoms. The molecule has 20 heavy (non-hydrogen) atoms. The van der Waals surface area contributed by atoms with Gasteiger partial charge in [-0.3, -0.25) is 0 Å². The van der Waals surface area contributed by atoms with Gasteiger partial charge < -0.3 is 15.2 Å². The van der Waals surface area contributed by atoms with Crippen molar-refractivity contribution < 1.29 is 19.4 Å². The normalized spacial score (nSPS) is 17.4. The molecule has 0 saturated heterocycles. The fourth-order valence-electron chi connectivity index (χ4n) is 2.43. The number of fused-ring (bicyclic) bond motifs is 1. The molecule has 0 heterocycles. The fourth-order valence-corrected chi connectivity index (χ4v) is 2.43. The summed E-state index contributed by atoms with van der Waals surface area (Å²) in [4.78, 5) is 22.9. The van der Waals surface area contributed by atoms with Crippen LogP contribution in [0.5, 0.6) is 0 Å². The summed E-state index contributed by atoms with van der Waals surface area (Å²) in [7, 11) is 0. The molecule has 5 nitrogen and oxygen atoms in total. The quantitative estimate of drug-likeness (QED) is 0.870. The van der Waals surface area contributed by atoms with E-state index in [4.69, 9.17) is 9.84 Å². The number of aromatic carboxylic acids is 1. The molecule has 108 valence electrons. The van der Waals surface area contributed by atoms with Crippen molar-refractivity contribution in [3.05, 3.63) is 34.9 Å². The minimum absolute atomic E-state index is 0.111. The maximum Gasteiger partial charge on any atom is 0.407 e. The van der Waals surface area contributed by atoms with E-state index >= 15 is 0 Å². The summed E-state index contributed by atoms with van der Waals surface area (Å²) in [6.07, 6.45) is 0.694. The largest absolute Gasteiger partial charge is 0.478 e. The van der Waals surface area contributed by atoms with Crippen molar-refractivity contribution in [2.45, 2.75) is 45.3 Å². The van der Waals surface area contributed by atoms with E-state index in [1.807, 2.05) is 6.07 Å². The summed E-state index contributed by atoms with van der Waals surface area (Å²) < 4.78 is 5.21. The van der Waals surface area contributed by atoms with Crippen molar-refractivity contribution in [1.82, 2.24) is 5.32 Å². The molecular formula is C15H19NO4. The van der Waals surface area contributed by atoms with Crippen LogP contribution in [0.25, 0.3) is 0 Å². The molecule has 2 rings (SSSR count). The average molecular weight is 277 g/mol. The van der Waals surface area contributed by atoms with Gasteiger partial charge in [0.2, 0.25) is 0 Å². The van der Waals surface area contributed by atoms with Crippen molar-refractivity contribution in [3.63, 3.8) is 0 Å². The van der Waals surface area contributed by atoms with E-state index in [0.717, 1.165) is 11.1 Å². The molecular weight excluding hydrogens is 258 g/mol. The topological polar surface area (TPSA) is 75.6 Å². The zero-order valence-corrected chi connectivity index (χ0v) is 11.9. The molecule has 0 aliphatic heterocycles. The minimum Gasteiger partial charge on any atom is -0.478 e. The Balaban J connectivity index is 2.05. The molecule has 0 bridgehead atoms. The second-order valence-corrected chi connectivity index (χ2v) is 6.00. The van der Waals surface area contributed by atoms with Crippen LogP contribution in [0.15, 0.2) is 18.2 Å². The number of amides is 1. The van der Waals surface area contributed by atoms with Crippen molar-refractivity contribution in [1.29, 1.82) is 0 Å². The fraction of sp³-hybridized carbons (Fsp3) is 0.467. The number of benzene rings is 1. The van der Waals surface area contributed by atoms with Gasteiger partial charge >= 0.3 is 12.1 Å². The van der Waals surface area contributed by atoms with E-state index in [-0.39, 0.29) is 6.04 Å². The monoisotopic (exact) mass is 277 g/mol. The third-order valence-electron chi connectivity index (χ3n) is 3.14. The van der Waals surface area contributed by atoms with Crippen molar-refractivity contribution >= 4 is 12.1 Å². The van der Waals surface area contributed by atoms with Crippen LogP contribution in [0.2, 0.25) is 0 Å². The maximum absolute atomic E-state index is 11.7. The number of hydrogen-bond acceptors (Lipinski definition) is 3. The Hall–Kier alpha value is -2.04. The first-order chi connectivity index (χ1) is 9.26. The first-order valence-electron chi connectivity index (χ1n) is 6.60. The minimum atomic E-state index is -0.931. The highest BCUT2D eigenvalue weighted by atomic mass is 16.6. The van der Waals surface area contributed by atoms with Crippen molar-refractivity contribution in [2.75, 3.05) is 0 Å². The number of nitrogens with one attached hydrogen (secondary N) is 1. The average Bonchev–Trinajstić information content (AvgIpc) is 2.67. The number of carboxylic acids is 1. The van der Waals surface area contributed by atoms with Crippen LogP contribution in [0, 0.1) is 0 Å². The molecule has 1 aromatic rings. The lowest BCUT2D eigenvalue weighted by Crippen LogP contribution is -2.39. The number of carbonyl (C=O) groups is 2. The lowest BCUT2D eigenvalue weighted by Gasteiger charge is -2.21. The van der Waals surface area contributed by atoms with Gasteiger partial charge in [0.15, 0.2) is 0 Å². The molecule has 1 aromatic carbocycles. The first kappa shape index (κ1) is 14.4. The number of rotatable bonds is 2. The first-order valence-corrected chi connectivity index (χ1v) is 6.60. The van der Waals surface area contributed by atoms with Crippen LogP contribution in [0.3, 0.4) is 0 Å². The Morgan fingerprint density at radius 2 is 2.00 bits per heavy atom. The van der Waals surface area contributed by atoms with Gasteiger partial charge in [-0.2, -0.15) is 0 Å². The number of alkyl carbamates (subject to hydrolysis) is 1. The van der Waals surface area contributed by atoms with E-state index in [1.165, 1.54) is 0 Å². The molecule has 0 fully saturated rings. The predicted molar refractivity (Wildman–Crippen MR) is 74.0 cm³/mol. The zero-order chi connectivity index (χ0) is 14.9. The van der Waals surface area contributed by atoms with Gasteiger partial charge in [0.25, 0.3) is 0 Å². The van der Waals surface area contributed by atoms with E-state index in [9.17, 15) is 9.59 Å². The van der Waals surface area contributed by atoms with E-state index in [0.29, 0.717) is 18.4 Å². The van der Waals surface area contributed by atoms with E-state index in [1.54, 1.807) is 32.9 Å². The zero-order valence-electron chi connectivity index (χ0n) is 11.9. The lowest BCUT2D eigenvalue weighted by molar-refractivity contribution is 0.0506. The molecule has 5 heteroatoms. The lowest BCUT2D eigenvalue weighted by atomic mass is 10.0. The highest BCUT2D eigenvalue weighted by molar-refractivity contribution is 5.90. The van der Waals surface area contributed by atoms with E-state index in [2.05, 4.69) is 5.32 Å². The predicted octanol–water partition coefficient (Wildman–Crippen LogP) is 2.38. The van der Waals surface area contributed by atoms with Crippen LogP contribution in [0.1, 0.15) is 42.3 Å². The van der Waals surface area contributed by atoms with Crippen molar-refractivity contribution in [2.24, 2.45) is 0 Å². The number of carboxylic acid groups (broad SMARTS) is 1. The van der Waals surface area contributed by atoms with Gasteiger partial charge in [0, 0.05) is 6.04 Å². The number of hydrogen-bond donors (Lipinski definition) is 2. The van der Waals surface area contributed by atoms with Crippen LogP contribution in [0.4, 0.5) is 4.79 Å². The molecule has 1 aliphatic rings. The summed E-state index contributed by atoms with van der Waals surface area (Å²) in [5.74, 6) is -0.931. The van der Waals surface area contributed by atoms with Gasteiger partial charge in [-0.1, -0.05) is 12.1 Å². The second-order valence-electron chi connectivity index (χ2n) is 6.00. The highest BCUT2D eigenvalue weighted by Crippen LogP contribution is 2.26. The Morgan fingerprint density at radius 1 is 1.30 bits per heavy atom. The molecule has 1 amide bonds. The third-order valence-corrected chi connectivity index (χ3v) is 3.14. The Labute approximate surface area is 117 Å². The SMILES string of the molecule is CC(C)(C)OC(=O)N[C@H]1Cc2cccc(C(=O)O)c2C1. The summed E-state index contributed by atoms with van der Waals surface area (Å²) >= 11 is 0. The Bertz CT molecular complexity index is 545. The summed E-state index contributed by atoms with van der Waals surface area (Å²) in [5, 5.41) is 12.0. The molecule has 2 N–H and O–H groups in total. The molecule has 1 aliphatic carbocycles. The second kappa shape index (κ2) is 5.15. The van der Waals surface area contributed by atoms with Crippen LogP contribution in [-0.2, 0) is 17.6 Å².